The molecule has 0 fully saturated rings. The van der Waals surface area contributed by atoms with Crippen LogP contribution in [0.5, 0.6) is 0 Å². The molecule has 0 aliphatic carbocycles. The van der Waals surface area contributed by atoms with Gasteiger partial charge in [0.15, 0.2) is 0 Å². The number of carbonyl (C=O) groups is 1. The van der Waals surface area contributed by atoms with Gasteiger partial charge in [0.05, 0.1) is 6.42 Å². The summed E-state index contributed by atoms with van der Waals surface area (Å²) in [6.45, 7) is 1.73. The van der Waals surface area contributed by atoms with Crippen LogP contribution in [0.3, 0.4) is 0 Å². The van der Waals surface area contributed by atoms with Crippen LogP contribution in [0.4, 0.5) is 0 Å². The van der Waals surface area contributed by atoms with Gasteiger partial charge in [0.25, 0.3) is 0 Å². The summed E-state index contributed by atoms with van der Waals surface area (Å²) in [6, 6.07) is 7.95. The van der Waals surface area contributed by atoms with E-state index in [4.69, 9.17) is 10.8 Å². The summed E-state index contributed by atoms with van der Waals surface area (Å²) >= 11 is 0. The summed E-state index contributed by atoms with van der Waals surface area (Å²) < 4.78 is 0. The van der Waals surface area contributed by atoms with Crippen molar-refractivity contribution in [2.45, 2.75) is 19.5 Å². The molecular weight excluding hydrogens is 199 g/mol. The zero-order valence-electron chi connectivity index (χ0n) is 9.57. The zero-order chi connectivity index (χ0) is 11.1. The Morgan fingerprint density at radius 1 is 1.25 bits per heavy atom. The van der Waals surface area contributed by atoms with Crippen molar-refractivity contribution in [1.29, 1.82) is 0 Å². The van der Waals surface area contributed by atoms with Gasteiger partial charge in [0.2, 0.25) is 0 Å². The van der Waals surface area contributed by atoms with E-state index in [9.17, 15) is 4.79 Å². The molecule has 0 amide bonds. The summed E-state index contributed by atoms with van der Waals surface area (Å²) in [5.41, 5.74) is 7.71. The molecule has 0 aromatic heterocycles. The largest absolute Gasteiger partial charge is 0.481 e. The number of hydrogen-bond donors (Lipinski definition) is 3. The van der Waals surface area contributed by atoms with Crippen LogP contribution >= 0.6 is 0 Å². The third kappa shape index (κ3) is 5.94. The molecule has 0 saturated carbocycles. The van der Waals surface area contributed by atoms with E-state index >= 15 is 0 Å². The summed E-state index contributed by atoms with van der Waals surface area (Å²) in [6.07, 6.45) is 0.154. The Morgan fingerprint density at radius 3 is 2.31 bits per heavy atom. The molecule has 1 rings (SSSR count). The molecule has 0 bridgehead atoms. The number of nitrogens with one attached hydrogen (secondary N) is 1. The van der Waals surface area contributed by atoms with Crippen molar-refractivity contribution in [3.8, 4) is 0 Å². The summed E-state index contributed by atoms with van der Waals surface area (Å²) in [5.74, 6) is -0.777. The minimum Gasteiger partial charge on any atom is -0.481 e. The van der Waals surface area contributed by atoms with Gasteiger partial charge in [0, 0.05) is 38.5 Å². The smallest absolute Gasteiger partial charge is 0.304 e. The molecule has 0 unspecified atom stereocenters. The van der Waals surface area contributed by atoms with Crippen LogP contribution in [0.2, 0.25) is 0 Å². The van der Waals surface area contributed by atoms with Crippen molar-refractivity contribution in [1.82, 2.24) is 5.32 Å². The van der Waals surface area contributed by atoms with Gasteiger partial charge in [-0.1, -0.05) is 24.3 Å². The number of rotatable bonds is 6. The number of nitrogens with two attached hydrogens (primary N) is 1. The average molecular weight is 215 g/mol. The molecule has 0 atom stereocenters. The maximum Gasteiger partial charge on any atom is 0.304 e. The van der Waals surface area contributed by atoms with Crippen LogP contribution < -0.4 is 11.1 Å². The van der Waals surface area contributed by atoms with E-state index in [-0.39, 0.29) is 25.3 Å². The van der Waals surface area contributed by atoms with Gasteiger partial charge >= 0.3 is 5.97 Å². The Morgan fingerprint density at radius 2 is 1.81 bits per heavy atom. The minimum absolute atomic E-state index is 0. The van der Waals surface area contributed by atoms with Crippen LogP contribution in [0, 0.1) is 0 Å². The first-order valence-electron chi connectivity index (χ1n) is 4.93. The van der Waals surface area contributed by atoms with Crippen molar-refractivity contribution in [2.24, 2.45) is 5.73 Å². The first-order chi connectivity index (χ1) is 7.22. The maximum atomic E-state index is 10.2. The van der Waals surface area contributed by atoms with Crippen molar-refractivity contribution in [2.75, 3.05) is 6.54 Å². The molecule has 4 N–H and O–H groups in total. The minimum atomic E-state index is -0.777. The van der Waals surface area contributed by atoms with Crippen molar-refractivity contribution >= 4 is 24.8 Å². The fourth-order valence-electron chi connectivity index (χ4n) is 1.22. The van der Waals surface area contributed by atoms with Crippen LogP contribution in [0.15, 0.2) is 24.3 Å². The van der Waals surface area contributed by atoms with Crippen molar-refractivity contribution < 1.29 is 9.90 Å². The second-order valence-electron chi connectivity index (χ2n) is 3.34. The van der Waals surface area contributed by atoms with Gasteiger partial charge in [-0.3, -0.25) is 4.79 Å². The normalized spacial score (nSPS) is 9.56. The van der Waals surface area contributed by atoms with E-state index in [1.165, 1.54) is 0 Å². The van der Waals surface area contributed by atoms with Crippen LogP contribution in [-0.4, -0.2) is 36.5 Å². The monoisotopic (exact) mass is 215 g/mol. The number of aliphatic carboxylic acids is 1. The first kappa shape index (κ1) is 15.2. The average Bonchev–Trinajstić information content (AvgIpc) is 2.25. The fourth-order valence-corrected chi connectivity index (χ4v) is 1.22. The molecular formula is C11H16LiN2O2. The quantitative estimate of drug-likeness (QED) is 0.472. The molecule has 0 saturated heterocycles. The molecule has 4 nitrogen and oxygen atoms in total. The van der Waals surface area contributed by atoms with E-state index in [1.807, 2.05) is 24.3 Å². The number of benzene rings is 1. The molecule has 0 spiro atoms. The van der Waals surface area contributed by atoms with E-state index in [2.05, 4.69) is 5.32 Å². The third-order valence-corrected chi connectivity index (χ3v) is 2.10. The van der Waals surface area contributed by atoms with Crippen LogP contribution in [-0.2, 0) is 17.9 Å². The number of carboxylic acid groups (broad SMARTS) is 1. The number of hydrogen-bond acceptors (Lipinski definition) is 3. The van der Waals surface area contributed by atoms with E-state index in [1.54, 1.807) is 0 Å². The molecule has 83 valence electrons. The van der Waals surface area contributed by atoms with Gasteiger partial charge < -0.3 is 16.2 Å². The molecule has 1 radical (unpaired) electrons. The number of carboxylic acids is 1. The van der Waals surface area contributed by atoms with Crippen LogP contribution in [0.25, 0.3) is 0 Å². The molecule has 0 aliphatic rings. The molecule has 0 heterocycles. The maximum absolute atomic E-state index is 10.2. The molecule has 1 aromatic carbocycles. The van der Waals surface area contributed by atoms with E-state index in [0.29, 0.717) is 19.6 Å². The molecule has 16 heavy (non-hydrogen) atoms. The second-order valence-corrected chi connectivity index (χ2v) is 3.34. The second kappa shape index (κ2) is 8.37. The predicted molar refractivity (Wildman–Crippen MR) is 64.0 cm³/mol. The standard InChI is InChI=1S/C11H16N2O2.Li/c12-7-9-1-3-10(4-2-9)8-13-6-5-11(14)15;/h1-4,13H,5-8,12H2,(H,14,15);. The Hall–Kier alpha value is -0.793. The fraction of sp³-hybridized carbons (Fsp3) is 0.364. The van der Waals surface area contributed by atoms with E-state index in [0.717, 1.165) is 11.1 Å². The summed E-state index contributed by atoms with van der Waals surface area (Å²) in [5, 5.41) is 11.5. The summed E-state index contributed by atoms with van der Waals surface area (Å²) in [4.78, 5) is 10.2. The summed E-state index contributed by atoms with van der Waals surface area (Å²) in [7, 11) is 0. The van der Waals surface area contributed by atoms with Gasteiger partial charge in [-0.05, 0) is 11.1 Å². The van der Waals surface area contributed by atoms with Gasteiger partial charge in [-0.2, -0.15) is 0 Å². The van der Waals surface area contributed by atoms with Crippen molar-refractivity contribution in [3.05, 3.63) is 35.4 Å². The molecule has 1 aromatic rings. The zero-order valence-corrected chi connectivity index (χ0v) is 9.57. The van der Waals surface area contributed by atoms with Gasteiger partial charge in [0.1, 0.15) is 0 Å². The molecule has 5 heteroatoms. The predicted octanol–water partition coefficient (Wildman–Crippen LogP) is 0.329. The van der Waals surface area contributed by atoms with E-state index < -0.39 is 5.97 Å². The third-order valence-electron chi connectivity index (χ3n) is 2.10. The SMILES string of the molecule is NCc1ccc(CNCCC(=O)O)cc1.[Li]. The molecule has 0 aliphatic heterocycles. The van der Waals surface area contributed by atoms with Crippen LogP contribution in [0.1, 0.15) is 17.5 Å². The first-order valence-corrected chi connectivity index (χ1v) is 4.93. The topological polar surface area (TPSA) is 75.3 Å². The Labute approximate surface area is 107 Å². The Balaban J connectivity index is 0.00000225. The van der Waals surface area contributed by atoms with Gasteiger partial charge in [-0.15, -0.1) is 0 Å². The Kier molecular flexibility index (Phi) is 7.96. The Bertz CT molecular complexity index is 314. The van der Waals surface area contributed by atoms with Gasteiger partial charge in [-0.25, -0.2) is 0 Å². The van der Waals surface area contributed by atoms with Crippen molar-refractivity contribution in [3.63, 3.8) is 0 Å².